The van der Waals surface area contributed by atoms with Gasteiger partial charge in [0.05, 0.1) is 4.90 Å². The standard InChI is InChI=1S/C8H10ClNO2S/c1-5-3-6(2)8(4-7(5)10)13(9,11)12/h3-4H,10H2,1-2H3. The Morgan fingerprint density at radius 3 is 2.23 bits per heavy atom. The van der Waals surface area contributed by atoms with E-state index in [1.165, 1.54) is 6.07 Å². The summed E-state index contributed by atoms with van der Waals surface area (Å²) in [6.07, 6.45) is 0. The number of nitrogen functional groups attached to an aromatic ring is 1. The van der Waals surface area contributed by atoms with Gasteiger partial charge in [0.1, 0.15) is 0 Å². The first-order chi connectivity index (χ1) is 5.82. The second-order valence-electron chi connectivity index (χ2n) is 2.91. The first kappa shape index (κ1) is 10.3. The number of hydrogen-bond donors (Lipinski definition) is 1. The van der Waals surface area contributed by atoms with E-state index in [0.29, 0.717) is 11.3 Å². The van der Waals surface area contributed by atoms with Crippen molar-refractivity contribution in [3.05, 3.63) is 23.3 Å². The molecule has 0 aliphatic carbocycles. The molecule has 5 heteroatoms. The van der Waals surface area contributed by atoms with Gasteiger partial charge in [-0.2, -0.15) is 0 Å². The van der Waals surface area contributed by atoms with E-state index in [1.807, 2.05) is 6.92 Å². The number of rotatable bonds is 1. The van der Waals surface area contributed by atoms with E-state index in [4.69, 9.17) is 16.4 Å². The predicted octanol–water partition coefficient (Wildman–Crippen LogP) is 1.81. The van der Waals surface area contributed by atoms with Crippen molar-refractivity contribution in [3.63, 3.8) is 0 Å². The summed E-state index contributed by atoms with van der Waals surface area (Å²) in [5.41, 5.74) is 7.46. The molecule has 0 saturated carbocycles. The van der Waals surface area contributed by atoms with Crippen LogP contribution in [0, 0.1) is 13.8 Å². The molecule has 0 aliphatic heterocycles. The van der Waals surface area contributed by atoms with E-state index in [-0.39, 0.29) is 4.90 Å². The number of hydrogen-bond acceptors (Lipinski definition) is 3. The minimum absolute atomic E-state index is 0.0808. The monoisotopic (exact) mass is 219 g/mol. The lowest BCUT2D eigenvalue weighted by molar-refractivity contribution is 0.609. The molecule has 0 atom stereocenters. The summed E-state index contributed by atoms with van der Waals surface area (Å²) in [7, 11) is 1.52. The lowest BCUT2D eigenvalue weighted by atomic mass is 10.1. The van der Waals surface area contributed by atoms with Crippen LogP contribution >= 0.6 is 10.7 Å². The molecule has 0 spiro atoms. The predicted molar refractivity (Wildman–Crippen MR) is 53.4 cm³/mol. The zero-order valence-corrected chi connectivity index (χ0v) is 8.91. The van der Waals surface area contributed by atoms with Gasteiger partial charge in [0.25, 0.3) is 9.05 Å². The Morgan fingerprint density at radius 2 is 1.77 bits per heavy atom. The second kappa shape index (κ2) is 3.20. The van der Waals surface area contributed by atoms with Crippen LogP contribution in [-0.4, -0.2) is 8.42 Å². The molecule has 1 aromatic rings. The summed E-state index contributed by atoms with van der Waals surface area (Å²) in [4.78, 5) is 0.0808. The van der Waals surface area contributed by atoms with Crippen molar-refractivity contribution in [2.45, 2.75) is 18.7 Å². The van der Waals surface area contributed by atoms with Crippen molar-refractivity contribution >= 4 is 25.4 Å². The van der Waals surface area contributed by atoms with Gasteiger partial charge in [-0.25, -0.2) is 8.42 Å². The van der Waals surface area contributed by atoms with Crippen LogP contribution in [0.4, 0.5) is 5.69 Å². The van der Waals surface area contributed by atoms with Gasteiger partial charge in [-0.15, -0.1) is 0 Å². The average molecular weight is 220 g/mol. The fourth-order valence-corrected chi connectivity index (χ4v) is 2.32. The molecule has 0 radical (unpaired) electrons. The van der Waals surface area contributed by atoms with Crippen molar-refractivity contribution in [2.75, 3.05) is 5.73 Å². The molecule has 0 aliphatic rings. The van der Waals surface area contributed by atoms with E-state index in [2.05, 4.69) is 0 Å². The number of aryl methyl sites for hydroxylation is 2. The van der Waals surface area contributed by atoms with Crippen LogP contribution in [0.15, 0.2) is 17.0 Å². The molecule has 0 aromatic heterocycles. The maximum Gasteiger partial charge on any atom is 0.261 e. The van der Waals surface area contributed by atoms with Crippen LogP contribution in [0.25, 0.3) is 0 Å². The molecule has 3 nitrogen and oxygen atoms in total. The van der Waals surface area contributed by atoms with Crippen molar-refractivity contribution in [3.8, 4) is 0 Å². The van der Waals surface area contributed by atoms with Crippen LogP contribution in [0.1, 0.15) is 11.1 Å². The van der Waals surface area contributed by atoms with Crippen molar-refractivity contribution in [1.82, 2.24) is 0 Å². The SMILES string of the molecule is Cc1cc(C)c(S(=O)(=O)Cl)cc1N. The third kappa shape index (κ3) is 2.14. The Labute approximate surface area is 81.9 Å². The molecule has 0 unspecified atom stereocenters. The van der Waals surface area contributed by atoms with E-state index < -0.39 is 9.05 Å². The van der Waals surface area contributed by atoms with E-state index in [9.17, 15) is 8.42 Å². The molecule has 2 N–H and O–H groups in total. The summed E-state index contributed by atoms with van der Waals surface area (Å²) >= 11 is 0. The molecule has 0 heterocycles. The van der Waals surface area contributed by atoms with Crippen molar-refractivity contribution in [1.29, 1.82) is 0 Å². The largest absolute Gasteiger partial charge is 0.398 e. The molecule has 13 heavy (non-hydrogen) atoms. The highest BCUT2D eigenvalue weighted by Gasteiger charge is 2.14. The lowest BCUT2D eigenvalue weighted by Gasteiger charge is -2.05. The van der Waals surface area contributed by atoms with E-state index in [0.717, 1.165) is 5.56 Å². The fourth-order valence-electron chi connectivity index (χ4n) is 1.11. The zero-order chi connectivity index (χ0) is 10.2. The quantitative estimate of drug-likeness (QED) is 0.579. The van der Waals surface area contributed by atoms with Crippen LogP contribution in [0.2, 0.25) is 0 Å². The van der Waals surface area contributed by atoms with E-state index in [1.54, 1.807) is 13.0 Å². The molecule has 72 valence electrons. The maximum absolute atomic E-state index is 11.0. The Morgan fingerprint density at radius 1 is 1.23 bits per heavy atom. The molecule has 0 bridgehead atoms. The highest BCUT2D eigenvalue weighted by atomic mass is 35.7. The van der Waals surface area contributed by atoms with E-state index >= 15 is 0 Å². The summed E-state index contributed by atoms with van der Waals surface area (Å²) in [5.74, 6) is 0. The van der Waals surface area contributed by atoms with Crippen LogP contribution in [0.3, 0.4) is 0 Å². The minimum Gasteiger partial charge on any atom is -0.398 e. The second-order valence-corrected chi connectivity index (χ2v) is 5.45. The first-order valence-corrected chi connectivity index (χ1v) is 5.94. The Hall–Kier alpha value is -0.740. The minimum atomic E-state index is -3.68. The van der Waals surface area contributed by atoms with Gasteiger partial charge in [0.2, 0.25) is 0 Å². The van der Waals surface area contributed by atoms with Crippen LogP contribution in [-0.2, 0) is 9.05 Å². The summed E-state index contributed by atoms with van der Waals surface area (Å²) in [6.45, 7) is 3.49. The highest BCUT2D eigenvalue weighted by Crippen LogP contribution is 2.24. The number of halogens is 1. The van der Waals surface area contributed by atoms with Crippen molar-refractivity contribution in [2.24, 2.45) is 0 Å². The van der Waals surface area contributed by atoms with Gasteiger partial charge in [0, 0.05) is 16.4 Å². The number of anilines is 1. The Balaban J connectivity index is 3.50. The van der Waals surface area contributed by atoms with Gasteiger partial charge in [-0.05, 0) is 31.0 Å². The first-order valence-electron chi connectivity index (χ1n) is 3.64. The molecular formula is C8H10ClNO2S. The summed E-state index contributed by atoms with van der Waals surface area (Å²) < 4.78 is 22.1. The normalized spacial score (nSPS) is 11.6. The van der Waals surface area contributed by atoms with Gasteiger partial charge >= 0.3 is 0 Å². The zero-order valence-electron chi connectivity index (χ0n) is 7.33. The molecule has 1 rings (SSSR count). The summed E-state index contributed by atoms with van der Waals surface area (Å²) in [6, 6.07) is 3.08. The average Bonchev–Trinajstić information content (AvgIpc) is 1.94. The molecule has 1 aromatic carbocycles. The topological polar surface area (TPSA) is 60.2 Å². The third-order valence-electron chi connectivity index (χ3n) is 1.83. The molecule has 0 amide bonds. The third-order valence-corrected chi connectivity index (χ3v) is 3.29. The maximum atomic E-state index is 11.0. The Bertz CT molecular complexity index is 440. The molecule has 0 fully saturated rings. The van der Waals surface area contributed by atoms with Gasteiger partial charge in [-0.1, -0.05) is 6.07 Å². The number of nitrogens with two attached hydrogens (primary N) is 1. The fraction of sp³-hybridized carbons (Fsp3) is 0.250. The number of benzene rings is 1. The van der Waals surface area contributed by atoms with Gasteiger partial charge < -0.3 is 5.73 Å². The van der Waals surface area contributed by atoms with Gasteiger partial charge in [-0.3, -0.25) is 0 Å². The van der Waals surface area contributed by atoms with Crippen LogP contribution < -0.4 is 5.73 Å². The highest BCUT2D eigenvalue weighted by molar-refractivity contribution is 8.13. The van der Waals surface area contributed by atoms with Crippen molar-refractivity contribution < 1.29 is 8.42 Å². The smallest absolute Gasteiger partial charge is 0.261 e. The Kier molecular flexibility index (Phi) is 2.54. The lowest BCUT2D eigenvalue weighted by Crippen LogP contribution is -1.98. The molecular weight excluding hydrogens is 210 g/mol. The summed E-state index contributed by atoms with van der Waals surface area (Å²) in [5, 5.41) is 0. The van der Waals surface area contributed by atoms with Gasteiger partial charge in [0.15, 0.2) is 0 Å². The molecule has 0 saturated heterocycles. The van der Waals surface area contributed by atoms with Crippen LogP contribution in [0.5, 0.6) is 0 Å².